The molecule has 1 amide bonds. The molecule has 0 heterocycles. The highest BCUT2D eigenvalue weighted by molar-refractivity contribution is 6.30. The van der Waals surface area contributed by atoms with Crippen LogP contribution in [0.3, 0.4) is 0 Å². The predicted octanol–water partition coefficient (Wildman–Crippen LogP) is 5.10. The van der Waals surface area contributed by atoms with E-state index in [1.165, 1.54) is 0 Å². The molecule has 3 aromatic rings. The minimum absolute atomic E-state index is 0.0407. The van der Waals surface area contributed by atoms with Crippen LogP contribution in [-0.4, -0.2) is 5.91 Å². The Hall–Kier alpha value is -2.78. The lowest BCUT2D eigenvalue weighted by Gasteiger charge is -2.09. The summed E-state index contributed by atoms with van der Waals surface area (Å²) in [4.78, 5) is 12.1. The number of hydrogen-bond donors (Lipinski definition) is 1. The molecule has 126 valence electrons. The lowest BCUT2D eigenvalue weighted by atomic mass is 10.1. The predicted molar refractivity (Wildman–Crippen MR) is 101 cm³/mol. The Morgan fingerprint density at radius 2 is 1.52 bits per heavy atom. The van der Waals surface area contributed by atoms with E-state index in [1.54, 1.807) is 0 Å². The molecule has 3 aromatic carbocycles. The van der Waals surface area contributed by atoms with Crippen molar-refractivity contribution in [3.63, 3.8) is 0 Å². The topological polar surface area (TPSA) is 38.3 Å². The van der Waals surface area contributed by atoms with E-state index in [0.29, 0.717) is 18.1 Å². The van der Waals surface area contributed by atoms with Crippen LogP contribution in [0.15, 0.2) is 78.9 Å². The summed E-state index contributed by atoms with van der Waals surface area (Å²) in [7, 11) is 0. The maximum absolute atomic E-state index is 12.1. The fourth-order valence-corrected chi connectivity index (χ4v) is 2.49. The van der Waals surface area contributed by atoms with E-state index in [2.05, 4.69) is 5.32 Å². The maximum atomic E-state index is 12.1. The van der Waals surface area contributed by atoms with Crippen molar-refractivity contribution < 1.29 is 9.53 Å². The Bertz CT molecular complexity index is 815. The summed E-state index contributed by atoms with van der Waals surface area (Å²) >= 11 is 5.86. The Labute approximate surface area is 152 Å². The van der Waals surface area contributed by atoms with Crippen LogP contribution in [-0.2, 0) is 17.8 Å². The smallest absolute Gasteiger partial charge is 0.228 e. The fraction of sp³-hybridized carbons (Fsp3) is 0.0952. The first-order valence-corrected chi connectivity index (χ1v) is 8.38. The van der Waals surface area contributed by atoms with E-state index in [-0.39, 0.29) is 5.91 Å². The van der Waals surface area contributed by atoms with Crippen LogP contribution in [0.1, 0.15) is 11.1 Å². The van der Waals surface area contributed by atoms with Crippen molar-refractivity contribution >= 4 is 23.2 Å². The van der Waals surface area contributed by atoms with Gasteiger partial charge in [-0.1, -0.05) is 54.1 Å². The molecule has 0 aliphatic carbocycles. The number of rotatable bonds is 6. The molecule has 3 nitrogen and oxygen atoms in total. The molecule has 25 heavy (non-hydrogen) atoms. The molecule has 0 aliphatic heterocycles. The number of nitrogens with one attached hydrogen (secondary N) is 1. The lowest BCUT2D eigenvalue weighted by Crippen LogP contribution is -2.14. The quantitative estimate of drug-likeness (QED) is 0.671. The Kier molecular flexibility index (Phi) is 5.70. The van der Waals surface area contributed by atoms with E-state index < -0.39 is 0 Å². The van der Waals surface area contributed by atoms with Gasteiger partial charge in [0.15, 0.2) is 0 Å². The van der Waals surface area contributed by atoms with E-state index in [0.717, 1.165) is 22.6 Å². The zero-order valence-electron chi connectivity index (χ0n) is 13.6. The van der Waals surface area contributed by atoms with Gasteiger partial charge in [-0.15, -0.1) is 0 Å². The molecule has 1 N–H and O–H groups in total. The Balaban J connectivity index is 1.51. The summed E-state index contributed by atoms with van der Waals surface area (Å²) in [5.74, 6) is 0.706. The molecular weight excluding hydrogens is 334 g/mol. The molecule has 0 aromatic heterocycles. The minimum Gasteiger partial charge on any atom is -0.489 e. The van der Waals surface area contributed by atoms with Crippen LogP contribution in [0, 0.1) is 0 Å². The maximum Gasteiger partial charge on any atom is 0.228 e. The first-order chi connectivity index (χ1) is 12.2. The molecule has 0 spiro atoms. The Morgan fingerprint density at radius 3 is 2.20 bits per heavy atom. The number of carbonyl (C=O) groups is 1. The second-order valence-corrected chi connectivity index (χ2v) is 6.09. The largest absolute Gasteiger partial charge is 0.489 e. The van der Waals surface area contributed by atoms with Gasteiger partial charge in [0.2, 0.25) is 5.91 Å². The minimum atomic E-state index is -0.0407. The molecule has 0 saturated heterocycles. The van der Waals surface area contributed by atoms with Crippen LogP contribution in [0.4, 0.5) is 5.69 Å². The van der Waals surface area contributed by atoms with Gasteiger partial charge in [-0.2, -0.15) is 0 Å². The highest BCUT2D eigenvalue weighted by Gasteiger charge is 2.04. The molecule has 0 radical (unpaired) electrons. The second-order valence-electron chi connectivity index (χ2n) is 5.65. The van der Waals surface area contributed by atoms with Crippen LogP contribution in [0.5, 0.6) is 5.75 Å². The number of ether oxygens (including phenoxy) is 1. The number of halogens is 1. The van der Waals surface area contributed by atoms with Crippen molar-refractivity contribution in [3.8, 4) is 5.75 Å². The van der Waals surface area contributed by atoms with Gasteiger partial charge < -0.3 is 10.1 Å². The summed E-state index contributed by atoms with van der Waals surface area (Å²) in [6.45, 7) is 0.469. The van der Waals surface area contributed by atoms with Crippen LogP contribution >= 0.6 is 11.6 Å². The summed E-state index contributed by atoms with van der Waals surface area (Å²) in [5, 5.41) is 3.60. The fourth-order valence-electron chi connectivity index (χ4n) is 2.37. The molecule has 0 saturated carbocycles. The number of amides is 1. The summed E-state index contributed by atoms with van der Waals surface area (Å²) < 4.78 is 5.73. The number of hydrogen-bond acceptors (Lipinski definition) is 2. The van der Waals surface area contributed by atoms with Gasteiger partial charge in [-0.05, 0) is 47.5 Å². The molecule has 4 heteroatoms. The van der Waals surface area contributed by atoms with Gasteiger partial charge in [0, 0.05) is 10.7 Å². The zero-order chi connectivity index (χ0) is 17.5. The monoisotopic (exact) mass is 351 g/mol. The summed E-state index contributed by atoms with van der Waals surface area (Å²) in [6.07, 6.45) is 0.357. The first-order valence-electron chi connectivity index (χ1n) is 8.00. The molecule has 0 aliphatic rings. The van der Waals surface area contributed by atoms with Crippen molar-refractivity contribution in [2.75, 3.05) is 5.32 Å². The summed E-state index contributed by atoms with van der Waals surface area (Å²) in [6, 6.07) is 24.6. The van der Waals surface area contributed by atoms with Crippen LogP contribution in [0.25, 0.3) is 0 Å². The molecule has 0 bridgehead atoms. The molecule has 0 unspecified atom stereocenters. The van der Waals surface area contributed by atoms with E-state index >= 15 is 0 Å². The van der Waals surface area contributed by atoms with Crippen molar-refractivity contribution in [2.24, 2.45) is 0 Å². The SMILES string of the molecule is O=C(Cc1ccccc1)Nc1ccc(OCc2ccc(Cl)cc2)cc1. The number of benzene rings is 3. The van der Waals surface area contributed by atoms with Gasteiger partial charge in [-0.25, -0.2) is 0 Å². The van der Waals surface area contributed by atoms with Gasteiger partial charge in [0.25, 0.3) is 0 Å². The highest BCUT2D eigenvalue weighted by Crippen LogP contribution is 2.18. The first kappa shape index (κ1) is 17.1. The standard InChI is InChI=1S/C21H18ClNO2/c22-18-8-6-17(7-9-18)15-25-20-12-10-19(11-13-20)23-21(24)14-16-4-2-1-3-5-16/h1-13H,14-15H2,(H,23,24). The van der Waals surface area contributed by atoms with Crippen molar-refractivity contribution in [1.82, 2.24) is 0 Å². The third-order valence-corrected chi connectivity index (χ3v) is 3.92. The highest BCUT2D eigenvalue weighted by atomic mass is 35.5. The van der Waals surface area contributed by atoms with Crippen molar-refractivity contribution in [3.05, 3.63) is 95.0 Å². The summed E-state index contributed by atoms with van der Waals surface area (Å²) in [5.41, 5.74) is 2.78. The molecular formula is C21H18ClNO2. The van der Waals surface area contributed by atoms with Crippen molar-refractivity contribution in [1.29, 1.82) is 0 Å². The van der Waals surface area contributed by atoms with Gasteiger partial charge >= 0.3 is 0 Å². The molecule has 0 atom stereocenters. The van der Waals surface area contributed by atoms with E-state index in [9.17, 15) is 4.79 Å². The number of anilines is 1. The van der Waals surface area contributed by atoms with Gasteiger partial charge in [0.1, 0.15) is 12.4 Å². The van der Waals surface area contributed by atoms with Crippen molar-refractivity contribution in [2.45, 2.75) is 13.0 Å². The molecule has 3 rings (SSSR count). The van der Waals surface area contributed by atoms with Crippen LogP contribution < -0.4 is 10.1 Å². The third kappa shape index (κ3) is 5.37. The van der Waals surface area contributed by atoms with Gasteiger partial charge in [-0.3, -0.25) is 4.79 Å². The van der Waals surface area contributed by atoms with Gasteiger partial charge in [0.05, 0.1) is 6.42 Å². The Morgan fingerprint density at radius 1 is 0.840 bits per heavy atom. The molecule has 0 fully saturated rings. The third-order valence-electron chi connectivity index (χ3n) is 3.66. The average molecular weight is 352 g/mol. The second kappa shape index (κ2) is 8.36. The van der Waals surface area contributed by atoms with E-state index in [4.69, 9.17) is 16.3 Å². The number of carbonyl (C=O) groups excluding carboxylic acids is 1. The zero-order valence-corrected chi connectivity index (χ0v) is 14.4. The van der Waals surface area contributed by atoms with Crippen LogP contribution in [0.2, 0.25) is 5.02 Å². The average Bonchev–Trinajstić information content (AvgIpc) is 2.63. The lowest BCUT2D eigenvalue weighted by molar-refractivity contribution is -0.115. The van der Waals surface area contributed by atoms with E-state index in [1.807, 2.05) is 78.9 Å². The normalized spacial score (nSPS) is 10.3.